The Morgan fingerprint density at radius 3 is 2.68 bits per heavy atom. The van der Waals surface area contributed by atoms with Crippen LogP contribution < -0.4 is 11.1 Å². The summed E-state index contributed by atoms with van der Waals surface area (Å²) < 4.78 is 0. The first-order chi connectivity index (χ1) is 15.1. The lowest BCUT2D eigenvalue weighted by molar-refractivity contribution is 0.477. The van der Waals surface area contributed by atoms with Gasteiger partial charge in [-0.2, -0.15) is 0 Å². The lowest BCUT2D eigenvalue weighted by atomic mass is 9.93. The van der Waals surface area contributed by atoms with Crippen molar-refractivity contribution in [2.45, 2.75) is 64.8 Å². The molecule has 5 heteroatoms. The van der Waals surface area contributed by atoms with Gasteiger partial charge >= 0.3 is 0 Å². The molecule has 3 aliphatic rings. The van der Waals surface area contributed by atoms with E-state index < -0.39 is 0 Å². The van der Waals surface area contributed by atoms with E-state index in [1.54, 1.807) is 0 Å². The monoisotopic (exact) mass is 419 g/mol. The number of nitrogens with one attached hydrogen (secondary N) is 2. The Morgan fingerprint density at radius 1 is 1.10 bits per heavy atom. The fraction of sp³-hybridized carbons (Fsp3) is 0.500. The average Bonchev–Trinajstić information content (AvgIpc) is 2.76. The predicted octanol–water partition coefficient (Wildman–Crippen LogP) is 5.04. The Bertz CT molecular complexity index is 866. The molecule has 0 saturated heterocycles. The highest BCUT2D eigenvalue weighted by molar-refractivity contribution is 6.52. The molecular formula is C26H37N5. The maximum atomic E-state index is 8.24. The molecule has 0 saturated carbocycles. The van der Waals surface area contributed by atoms with E-state index in [0.29, 0.717) is 24.1 Å². The highest BCUT2D eigenvalue weighted by Gasteiger charge is 2.20. The summed E-state index contributed by atoms with van der Waals surface area (Å²) in [6.45, 7) is 6.04. The van der Waals surface area contributed by atoms with Crippen LogP contribution in [0.1, 0.15) is 58.8 Å². The van der Waals surface area contributed by atoms with Crippen molar-refractivity contribution in [3.8, 4) is 0 Å². The second kappa shape index (κ2) is 11.9. The standard InChI is InChI=1S/C26H37N5/c1-19-17-25(26(18-23(19)28)30-21-10-6-5-7-11-21)31-22-12-13-24(20(2)16-22)29-15-9-4-3-8-14-27/h6,10-13,16-17,20,24,28-29H,3-5,7-9,14-15,18,27H2,1-2H3. The van der Waals surface area contributed by atoms with Crippen LogP contribution in [0, 0.1) is 11.3 Å². The number of aliphatic imine (C=N–C) groups is 2. The van der Waals surface area contributed by atoms with Crippen molar-refractivity contribution >= 4 is 17.1 Å². The third-order valence-electron chi connectivity index (χ3n) is 5.94. The second-order valence-corrected chi connectivity index (χ2v) is 8.64. The number of nitrogens with two attached hydrogens (primary N) is 1. The van der Waals surface area contributed by atoms with Crippen LogP contribution in [0.2, 0.25) is 0 Å². The van der Waals surface area contributed by atoms with Crippen LogP contribution in [0.5, 0.6) is 0 Å². The molecule has 5 nitrogen and oxygen atoms in total. The van der Waals surface area contributed by atoms with Gasteiger partial charge in [-0.05, 0) is 75.4 Å². The summed E-state index contributed by atoms with van der Waals surface area (Å²) in [5.74, 6) is 0.379. The van der Waals surface area contributed by atoms with E-state index in [1.165, 1.54) is 19.3 Å². The molecule has 0 aromatic heterocycles. The first-order valence-corrected chi connectivity index (χ1v) is 11.7. The zero-order valence-corrected chi connectivity index (χ0v) is 19.0. The van der Waals surface area contributed by atoms with Crippen molar-refractivity contribution in [3.63, 3.8) is 0 Å². The van der Waals surface area contributed by atoms with Gasteiger partial charge in [0, 0.05) is 18.2 Å². The van der Waals surface area contributed by atoms with E-state index in [-0.39, 0.29) is 0 Å². The Balaban J connectivity index is 1.67. The van der Waals surface area contributed by atoms with Crippen LogP contribution in [0.4, 0.5) is 0 Å². The quantitative estimate of drug-likeness (QED) is 0.457. The maximum absolute atomic E-state index is 8.24. The molecule has 0 heterocycles. The molecule has 31 heavy (non-hydrogen) atoms. The smallest absolute Gasteiger partial charge is 0.0859 e. The molecule has 4 N–H and O–H groups in total. The molecule has 0 spiro atoms. The Labute approximate surface area is 187 Å². The molecule has 0 amide bonds. The van der Waals surface area contributed by atoms with Gasteiger partial charge in [0.05, 0.1) is 22.8 Å². The van der Waals surface area contributed by atoms with Gasteiger partial charge in [0.1, 0.15) is 0 Å². The molecule has 3 aliphatic carbocycles. The van der Waals surface area contributed by atoms with Crippen LogP contribution >= 0.6 is 0 Å². The van der Waals surface area contributed by atoms with Crippen molar-refractivity contribution < 1.29 is 0 Å². The zero-order valence-electron chi connectivity index (χ0n) is 19.0. The van der Waals surface area contributed by atoms with E-state index in [4.69, 9.17) is 21.1 Å². The first-order valence-electron chi connectivity index (χ1n) is 11.7. The van der Waals surface area contributed by atoms with Gasteiger partial charge in [-0.1, -0.05) is 44.1 Å². The van der Waals surface area contributed by atoms with Crippen molar-refractivity contribution in [1.29, 1.82) is 5.41 Å². The molecule has 166 valence electrons. The van der Waals surface area contributed by atoms with E-state index in [9.17, 15) is 0 Å². The van der Waals surface area contributed by atoms with Gasteiger partial charge in [-0.3, -0.25) is 4.99 Å². The molecule has 2 unspecified atom stereocenters. The largest absolute Gasteiger partial charge is 0.330 e. The molecule has 0 aromatic carbocycles. The SMILES string of the molecule is CC1=CC(=NC2=CC(C)C(NCCCCCCN)C=C2)C(=NC2=CCCC=C2)CC1=N. The lowest BCUT2D eigenvalue weighted by Crippen LogP contribution is -2.34. The molecule has 2 atom stereocenters. The van der Waals surface area contributed by atoms with Gasteiger partial charge in [-0.25, -0.2) is 4.99 Å². The van der Waals surface area contributed by atoms with Crippen LogP contribution in [0.25, 0.3) is 0 Å². The van der Waals surface area contributed by atoms with Crippen molar-refractivity contribution in [1.82, 2.24) is 5.32 Å². The number of nitrogens with zero attached hydrogens (tertiary/aromatic N) is 2. The predicted molar refractivity (Wildman–Crippen MR) is 133 cm³/mol. The minimum atomic E-state index is 0.348. The third-order valence-corrected chi connectivity index (χ3v) is 5.94. The number of rotatable bonds is 9. The summed E-state index contributed by atoms with van der Waals surface area (Å²) in [4.78, 5) is 9.77. The Hall–Kier alpha value is -2.37. The van der Waals surface area contributed by atoms with E-state index >= 15 is 0 Å². The van der Waals surface area contributed by atoms with E-state index in [0.717, 1.165) is 60.7 Å². The summed E-state index contributed by atoms with van der Waals surface area (Å²) in [7, 11) is 0. The average molecular weight is 420 g/mol. The summed E-state index contributed by atoms with van der Waals surface area (Å²) in [6, 6.07) is 0.348. The van der Waals surface area contributed by atoms with Gasteiger partial charge < -0.3 is 16.5 Å². The number of hydrogen-bond acceptors (Lipinski definition) is 5. The van der Waals surface area contributed by atoms with Crippen LogP contribution in [0.3, 0.4) is 0 Å². The Kier molecular flexibility index (Phi) is 8.92. The zero-order chi connectivity index (χ0) is 22.1. The van der Waals surface area contributed by atoms with E-state index in [1.807, 2.05) is 13.0 Å². The molecule has 3 rings (SSSR count). The molecule has 0 aliphatic heterocycles. The fourth-order valence-corrected chi connectivity index (χ4v) is 3.97. The number of allylic oxidation sites excluding steroid dienone is 6. The van der Waals surface area contributed by atoms with Crippen molar-refractivity contribution in [2.75, 3.05) is 13.1 Å². The van der Waals surface area contributed by atoms with E-state index in [2.05, 4.69) is 48.7 Å². The van der Waals surface area contributed by atoms with Crippen molar-refractivity contribution in [2.24, 2.45) is 21.6 Å². The molecular weight excluding hydrogens is 382 g/mol. The molecule has 0 fully saturated rings. The minimum absolute atomic E-state index is 0.348. The molecule has 0 aromatic rings. The van der Waals surface area contributed by atoms with Gasteiger partial charge in [-0.15, -0.1) is 0 Å². The van der Waals surface area contributed by atoms with Crippen LogP contribution in [-0.2, 0) is 0 Å². The Morgan fingerprint density at radius 2 is 1.94 bits per heavy atom. The highest BCUT2D eigenvalue weighted by atomic mass is 14.9. The summed E-state index contributed by atoms with van der Waals surface area (Å²) in [5, 5.41) is 11.9. The summed E-state index contributed by atoms with van der Waals surface area (Å²) >= 11 is 0. The minimum Gasteiger partial charge on any atom is -0.330 e. The lowest BCUT2D eigenvalue weighted by Gasteiger charge is -2.24. The van der Waals surface area contributed by atoms with Crippen molar-refractivity contribution in [3.05, 3.63) is 59.5 Å². The van der Waals surface area contributed by atoms with Crippen LogP contribution in [0.15, 0.2) is 69.5 Å². The first kappa shape index (κ1) is 23.3. The van der Waals surface area contributed by atoms with Crippen LogP contribution in [-0.4, -0.2) is 36.3 Å². The van der Waals surface area contributed by atoms with Gasteiger partial charge in [0.2, 0.25) is 0 Å². The van der Waals surface area contributed by atoms with Gasteiger partial charge in [0.25, 0.3) is 0 Å². The maximum Gasteiger partial charge on any atom is 0.0859 e. The summed E-state index contributed by atoms with van der Waals surface area (Å²) in [5.41, 5.74) is 10.9. The topological polar surface area (TPSA) is 86.6 Å². The normalized spacial score (nSPS) is 26.3. The summed E-state index contributed by atoms with van der Waals surface area (Å²) in [6.07, 6.45) is 22.4. The second-order valence-electron chi connectivity index (χ2n) is 8.64. The third kappa shape index (κ3) is 7.08. The highest BCUT2D eigenvalue weighted by Crippen LogP contribution is 2.21. The number of unbranched alkanes of at least 4 members (excludes halogenated alkanes) is 3. The fourth-order valence-electron chi connectivity index (χ4n) is 3.97. The van der Waals surface area contributed by atoms with Gasteiger partial charge in [0.15, 0.2) is 0 Å². The molecule has 0 bridgehead atoms. The molecule has 0 radical (unpaired) electrons. The number of hydrogen-bond donors (Lipinski definition) is 3.